The lowest BCUT2D eigenvalue weighted by Crippen LogP contribution is -2.10. The molecular weight excluding hydrogens is 300 g/mol. The summed E-state index contributed by atoms with van der Waals surface area (Å²) in [6, 6.07) is 9.14. The molecule has 0 unspecified atom stereocenters. The van der Waals surface area contributed by atoms with Crippen LogP contribution < -0.4 is 0 Å². The van der Waals surface area contributed by atoms with Crippen molar-refractivity contribution >= 4 is 0 Å². The topological polar surface area (TPSA) is 43.6 Å². The molecule has 0 N–H and O–H groups in total. The molecule has 0 aliphatic rings. The average molecular weight is 308 g/mol. The SMILES string of the molecule is Fc1cccc(-c2cn(-c3cccc(C(F)(F)F)n3)nn2)c1. The number of benzene rings is 1. The largest absolute Gasteiger partial charge is 0.433 e. The summed E-state index contributed by atoms with van der Waals surface area (Å²) in [5.74, 6) is -0.464. The van der Waals surface area contributed by atoms with Gasteiger partial charge in [-0.1, -0.05) is 23.4 Å². The Labute approximate surface area is 122 Å². The van der Waals surface area contributed by atoms with Crippen LogP contribution in [-0.4, -0.2) is 20.0 Å². The highest BCUT2D eigenvalue weighted by Gasteiger charge is 2.32. The van der Waals surface area contributed by atoms with E-state index in [1.54, 1.807) is 6.07 Å². The summed E-state index contributed by atoms with van der Waals surface area (Å²) in [4.78, 5) is 3.50. The first kappa shape index (κ1) is 14.2. The predicted octanol–water partition coefficient (Wildman–Crippen LogP) is 3.49. The van der Waals surface area contributed by atoms with Gasteiger partial charge in [-0.25, -0.2) is 14.1 Å². The summed E-state index contributed by atoms with van der Waals surface area (Å²) < 4.78 is 52.2. The Morgan fingerprint density at radius 2 is 1.77 bits per heavy atom. The molecule has 0 bridgehead atoms. The van der Waals surface area contributed by atoms with Gasteiger partial charge in [-0.2, -0.15) is 13.2 Å². The van der Waals surface area contributed by atoms with Crippen molar-refractivity contribution in [3.05, 3.63) is 60.2 Å². The molecule has 0 amide bonds. The van der Waals surface area contributed by atoms with Crippen LogP contribution in [0.3, 0.4) is 0 Å². The lowest BCUT2D eigenvalue weighted by Gasteiger charge is -2.06. The van der Waals surface area contributed by atoms with Crippen molar-refractivity contribution in [2.24, 2.45) is 0 Å². The molecule has 0 atom stereocenters. The van der Waals surface area contributed by atoms with E-state index in [-0.39, 0.29) is 5.82 Å². The number of pyridine rings is 1. The maximum absolute atomic E-state index is 13.2. The van der Waals surface area contributed by atoms with E-state index in [0.717, 1.165) is 10.7 Å². The third kappa shape index (κ3) is 2.80. The first-order chi connectivity index (χ1) is 10.4. The number of hydrogen-bond acceptors (Lipinski definition) is 3. The molecule has 8 heteroatoms. The number of aromatic nitrogens is 4. The van der Waals surface area contributed by atoms with Gasteiger partial charge in [0, 0.05) is 5.56 Å². The molecule has 0 radical (unpaired) electrons. The molecule has 3 rings (SSSR count). The smallest absolute Gasteiger partial charge is 0.224 e. The van der Waals surface area contributed by atoms with Crippen molar-refractivity contribution in [3.63, 3.8) is 0 Å². The third-order valence-electron chi connectivity index (χ3n) is 2.87. The van der Waals surface area contributed by atoms with Crippen LogP contribution in [0.15, 0.2) is 48.7 Å². The molecule has 4 nitrogen and oxygen atoms in total. The lowest BCUT2D eigenvalue weighted by molar-refractivity contribution is -0.141. The van der Waals surface area contributed by atoms with Crippen LogP contribution in [0.1, 0.15) is 5.69 Å². The van der Waals surface area contributed by atoms with E-state index in [1.165, 1.54) is 36.5 Å². The van der Waals surface area contributed by atoms with E-state index in [0.29, 0.717) is 11.3 Å². The van der Waals surface area contributed by atoms with Crippen LogP contribution >= 0.6 is 0 Å². The van der Waals surface area contributed by atoms with E-state index in [2.05, 4.69) is 15.3 Å². The molecule has 0 spiro atoms. The second-order valence-electron chi connectivity index (χ2n) is 4.44. The molecule has 0 aliphatic heterocycles. The Bertz CT molecular complexity index is 810. The zero-order valence-corrected chi connectivity index (χ0v) is 10.9. The zero-order chi connectivity index (χ0) is 15.7. The normalized spacial score (nSPS) is 11.6. The summed E-state index contributed by atoms with van der Waals surface area (Å²) in [6.45, 7) is 0. The number of hydrogen-bond donors (Lipinski definition) is 0. The summed E-state index contributed by atoms with van der Waals surface area (Å²) >= 11 is 0. The van der Waals surface area contributed by atoms with E-state index in [1.807, 2.05) is 0 Å². The van der Waals surface area contributed by atoms with E-state index >= 15 is 0 Å². The van der Waals surface area contributed by atoms with Crippen LogP contribution in [0.25, 0.3) is 17.1 Å². The van der Waals surface area contributed by atoms with Crippen molar-refractivity contribution in [2.45, 2.75) is 6.18 Å². The minimum absolute atomic E-state index is 0.0232. The Morgan fingerprint density at radius 3 is 2.50 bits per heavy atom. The second kappa shape index (κ2) is 5.21. The van der Waals surface area contributed by atoms with Gasteiger partial charge in [0.15, 0.2) is 5.82 Å². The lowest BCUT2D eigenvalue weighted by atomic mass is 10.2. The molecule has 3 aromatic rings. The summed E-state index contributed by atoms with van der Waals surface area (Å²) in [5.41, 5.74) is -0.218. The summed E-state index contributed by atoms with van der Waals surface area (Å²) in [5, 5.41) is 7.55. The number of halogens is 4. The van der Waals surface area contributed by atoms with E-state index in [9.17, 15) is 17.6 Å². The molecule has 112 valence electrons. The van der Waals surface area contributed by atoms with Crippen molar-refractivity contribution in [2.75, 3.05) is 0 Å². The minimum Gasteiger partial charge on any atom is -0.224 e. The zero-order valence-electron chi connectivity index (χ0n) is 10.9. The molecule has 22 heavy (non-hydrogen) atoms. The van der Waals surface area contributed by atoms with Crippen LogP contribution in [-0.2, 0) is 6.18 Å². The van der Waals surface area contributed by atoms with Crippen molar-refractivity contribution in [3.8, 4) is 17.1 Å². The Morgan fingerprint density at radius 1 is 1.00 bits per heavy atom. The Balaban J connectivity index is 1.98. The van der Waals surface area contributed by atoms with Crippen LogP contribution in [0, 0.1) is 5.82 Å². The predicted molar refractivity (Wildman–Crippen MR) is 69.5 cm³/mol. The quantitative estimate of drug-likeness (QED) is 0.681. The maximum Gasteiger partial charge on any atom is 0.433 e. The standard InChI is InChI=1S/C14H8F4N4/c15-10-4-1-3-9(7-10)11-8-22(21-20-11)13-6-2-5-12(19-13)14(16,17)18/h1-8H. The first-order valence-electron chi connectivity index (χ1n) is 6.16. The molecule has 2 aromatic heterocycles. The van der Waals surface area contributed by atoms with Crippen molar-refractivity contribution in [1.82, 2.24) is 20.0 Å². The highest BCUT2D eigenvalue weighted by molar-refractivity contribution is 5.57. The fraction of sp³-hybridized carbons (Fsp3) is 0.0714. The van der Waals surface area contributed by atoms with Gasteiger partial charge in [0.25, 0.3) is 0 Å². The van der Waals surface area contributed by atoms with Gasteiger partial charge in [-0.15, -0.1) is 5.10 Å². The van der Waals surface area contributed by atoms with Crippen LogP contribution in [0.4, 0.5) is 17.6 Å². The second-order valence-corrected chi connectivity index (χ2v) is 4.44. The molecule has 0 aliphatic carbocycles. The molecule has 0 saturated carbocycles. The summed E-state index contributed by atoms with van der Waals surface area (Å²) in [7, 11) is 0. The molecule has 1 aromatic carbocycles. The van der Waals surface area contributed by atoms with Crippen molar-refractivity contribution < 1.29 is 17.6 Å². The molecular formula is C14H8F4N4. The Kier molecular flexibility index (Phi) is 3.36. The monoisotopic (exact) mass is 308 g/mol. The van der Waals surface area contributed by atoms with Gasteiger partial charge >= 0.3 is 6.18 Å². The third-order valence-corrected chi connectivity index (χ3v) is 2.87. The number of nitrogens with zero attached hydrogens (tertiary/aromatic N) is 4. The van der Waals surface area contributed by atoms with Crippen LogP contribution in [0.5, 0.6) is 0 Å². The van der Waals surface area contributed by atoms with Crippen LogP contribution in [0.2, 0.25) is 0 Å². The number of alkyl halides is 3. The van der Waals surface area contributed by atoms with Crippen molar-refractivity contribution in [1.29, 1.82) is 0 Å². The summed E-state index contributed by atoms with van der Waals surface area (Å²) in [6.07, 6.45) is -3.15. The highest BCUT2D eigenvalue weighted by atomic mass is 19.4. The van der Waals surface area contributed by atoms with Gasteiger partial charge < -0.3 is 0 Å². The van der Waals surface area contributed by atoms with Gasteiger partial charge in [0.2, 0.25) is 0 Å². The highest BCUT2D eigenvalue weighted by Crippen LogP contribution is 2.28. The molecule has 2 heterocycles. The van der Waals surface area contributed by atoms with Gasteiger partial charge in [-0.3, -0.25) is 0 Å². The fourth-order valence-electron chi connectivity index (χ4n) is 1.86. The minimum atomic E-state index is -4.54. The van der Waals surface area contributed by atoms with Gasteiger partial charge in [-0.05, 0) is 24.3 Å². The van der Waals surface area contributed by atoms with Gasteiger partial charge in [0.05, 0.1) is 6.20 Å². The fourth-order valence-corrected chi connectivity index (χ4v) is 1.86. The van der Waals surface area contributed by atoms with E-state index in [4.69, 9.17) is 0 Å². The maximum atomic E-state index is 13.2. The Hall–Kier alpha value is -2.77. The first-order valence-corrected chi connectivity index (χ1v) is 6.16. The van der Waals surface area contributed by atoms with E-state index < -0.39 is 17.7 Å². The molecule has 0 saturated heterocycles. The average Bonchev–Trinajstić information content (AvgIpc) is 2.96. The number of rotatable bonds is 2. The molecule has 0 fully saturated rings. The van der Waals surface area contributed by atoms with Gasteiger partial charge in [0.1, 0.15) is 17.2 Å².